The van der Waals surface area contributed by atoms with Crippen LogP contribution in [-0.4, -0.2) is 23.0 Å². The molecule has 0 spiro atoms. The molecule has 0 unspecified atom stereocenters. The molecule has 0 bridgehead atoms. The van der Waals surface area contributed by atoms with Crippen LogP contribution in [0.1, 0.15) is 5.56 Å². The van der Waals surface area contributed by atoms with Crippen molar-refractivity contribution in [1.82, 2.24) is 0 Å². The predicted molar refractivity (Wildman–Crippen MR) is 59.9 cm³/mol. The fourth-order valence-electron chi connectivity index (χ4n) is 1.77. The second-order valence-electron chi connectivity index (χ2n) is 3.43. The minimum Gasteiger partial charge on any atom is -0.356 e. The first kappa shape index (κ1) is 9.51. The van der Waals surface area contributed by atoms with E-state index in [-0.39, 0.29) is 5.96 Å². The van der Waals surface area contributed by atoms with Crippen LogP contribution < -0.4 is 17.2 Å². The van der Waals surface area contributed by atoms with Crippen molar-refractivity contribution in [3.63, 3.8) is 0 Å². The average Bonchev–Trinajstić information content (AvgIpc) is 2.59. The quantitative estimate of drug-likeness (QED) is 0.301. The van der Waals surface area contributed by atoms with Crippen molar-refractivity contribution in [2.24, 2.45) is 22.2 Å². The van der Waals surface area contributed by atoms with Crippen molar-refractivity contribution in [3.8, 4) is 0 Å². The van der Waals surface area contributed by atoms with E-state index in [0.29, 0.717) is 5.96 Å². The second-order valence-corrected chi connectivity index (χ2v) is 3.43. The lowest BCUT2D eigenvalue weighted by molar-refractivity contribution is -0.431. The number of hydrogen-bond acceptors (Lipinski definition) is 0. The Bertz CT molecular complexity index is 443. The topological polar surface area (TPSA) is 93.4 Å². The summed E-state index contributed by atoms with van der Waals surface area (Å²) in [7, 11) is 0. The summed E-state index contributed by atoms with van der Waals surface area (Å²) in [4.78, 5) is 3.85. The summed E-state index contributed by atoms with van der Waals surface area (Å²) < 4.78 is 1.91. The molecule has 0 amide bonds. The number of rotatable bonds is 0. The molecule has 0 radical (unpaired) electrons. The Balaban J connectivity index is 2.47. The molecule has 1 aliphatic heterocycles. The zero-order chi connectivity index (χ0) is 10.8. The molecule has 0 aromatic heterocycles. The first-order valence-corrected chi connectivity index (χ1v) is 4.76. The molecular weight excluding hydrogens is 190 g/mol. The van der Waals surface area contributed by atoms with Crippen molar-refractivity contribution in [2.45, 2.75) is 6.42 Å². The highest BCUT2D eigenvalue weighted by Gasteiger charge is 2.21. The number of benzene rings is 1. The molecule has 5 nitrogen and oxygen atoms in total. The highest BCUT2D eigenvalue weighted by atomic mass is 15.2. The first-order chi connectivity index (χ1) is 7.18. The molecule has 0 fully saturated rings. The van der Waals surface area contributed by atoms with E-state index in [4.69, 9.17) is 17.2 Å². The molecule has 5 heteroatoms. The maximum absolute atomic E-state index is 5.79. The van der Waals surface area contributed by atoms with Gasteiger partial charge >= 0.3 is 5.96 Å². The van der Waals surface area contributed by atoms with E-state index in [9.17, 15) is 0 Å². The normalized spacial score (nSPS) is 17.1. The molecule has 6 N–H and O–H groups in total. The summed E-state index contributed by atoms with van der Waals surface area (Å²) >= 11 is 0. The van der Waals surface area contributed by atoms with Crippen molar-refractivity contribution < 1.29 is 4.58 Å². The van der Waals surface area contributed by atoms with Crippen LogP contribution in [0.3, 0.4) is 0 Å². The van der Waals surface area contributed by atoms with Gasteiger partial charge in [0, 0.05) is 6.42 Å². The molecule has 0 atom stereocenters. The summed E-state index contributed by atoms with van der Waals surface area (Å²) in [5.74, 6) is 0.330. The summed E-state index contributed by atoms with van der Waals surface area (Å²) in [6.45, 7) is 0.821. The monoisotopic (exact) mass is 204 g/mol. The SMILES string of the molecule is NC(N)=NC(N)=[N+]1CCc2ccccc21. The van der Waals surface area contributed by atoms with Gasteiger partial charge in [0.1, 0.15) is 5.69 Å². The molecule has 0 saturated carbocycles. The van der Waals surface area contributed by atoms with Gasteiger partial charge in [-0.1, -0.05) is 18.2 Å². The minimum absolute atomic E-state index is 0.0168. The van der Waals surface area contributed by atoms with Gasteiger partial charge in [0.05, 0.1) is 6.54 Å². The summed E-state index contributed by atoms with van der Waals surface area (Å²) in [6, 6.07) is 8.08. The predicted octanol–water partition coefficient (Wildman–Crippen LogP) is -0.525. The summed E-state index contributed by atoms with van der Waals surface area (Å²) in [5.41, 5.74) is 18.7. The summed E-state index contributed by atoms with van der Waals surface area (Å²) in [5, 5.41) is 0. The third-order valence-electron chi connectivity index (χ3n) is 2.41. The van der Waals surface area contributed by atoms with Crippen LogP contribution in [0.4, 0.5) is 5.69 Å². The van der Waals surface area contributed by atoms with Crippen molar-refractivity contribution in [1.29, 1.82) is 0 Å². The second kappa shape index (κ2) is 3.61. The highest BCUT2D eigenvalue weighted by molar-refractivity contribution is 5.90. The third kappa shape index (κ3) is 1.76. The van der Waals surface area contributed by atoms with Gasteiger partial charge in [-0.25, -0.2) is 4.58 Å². The lowest BCUT2D eigenvalue weighted by Gasteiger charge is -2.00. The number of nitrogens with two attached hydrogens (primary N) is 3. The Morgan fingerprint density at radius 2 is 1.93 bits per heavy atom. The van der Waals surface area contributed by atoms with E-state index < -0.39 is 0 Å². The molecule has 1 aromatic rings. The van der Waals surface area contributed by atoms with Gasteiger partial charge in [-0.3, -0.25) is 5.73 Å². The molecule has 15 heavy (non-hydrogen) atoms. The van der Waals surface area contributed by atoms with Gasteiger partial charge < -0.3 is 11.5 Å². The van der Waals surface area contributed by atoms with E-state index in [0.717, 1.165) is 18.7 Å². The Morgan fingerprint density at radius 3 is 2.67 bits per heavy atom. The molecule has 1 aliphatic rings. The molecule has 2 rings (SSSR count). The van der Waals surface area contributed by atoms with Crippen LogP contribution in [0.25, 0.3) is 0 Å². The maximum atomic E-state index is 5.79. The van der Waals surface area contributed by atoms with E-state index in [1.54, 1.807) is 0 Å². The fraction of sp³-hybridized carbons (Fsp3) is 0.200. The third-order valence-corrected chi connectivity index (χ3v) is 2.41. The van der Waals surface area contributed by atoms with Gasteiger partial charge in [0.25, 0.3) is 5.96 Å². The number of hydrogen-bond donors (Lipinski definition) is 3. The highest BCUT2D eigenvalue weighted by Crippen LogP contribution is 2.25. The lowest BCUT2D eigenvalue weighted by atomic mass is 10.2. The molecular formula is C10H14N5+. The van der Waals surface area contributed by atoms with Crippen LogP contribution in [0.5, 0.6) is 0 Å². The van der Waals surface area contributed by atoms with E-state index in [1.165, 1.54) is 5.56 Å². The average molecular weight is 204 g/mol. The van der Waals surface area contributed by atoms with E-state index in [1.807, 2.05) is 22.8 Å². The number of aliphatic imine (C=N–C) groups is 1. The Hall–Kier alpha value is -2.04. The molecule has 78 valence electrons. The van der Waals surface area contributed by atoms with Crippen molar-refractivity contribution >= 4 is 17.6 Å². The standard InChI is InChI=1S/C10H13N5/c11-9(12)14-10(13)15-6-5-7-3-1-2-4-8(7)15/h1-4H,5-6H2,(H5,11,12,13,14)/p+1. The van der Waals surface area contributed by atoms with Crippen LogP contribution in [0, 0.1) is 0 Å². The largest absolute Gasteiger partial charge is 0.393 e. The molecule has 0 aliphatic carbocycles. The molecule has 1 aromatic carbocycles. The maximum Gasteiger partial charge on any atom is 0.393 e. The lowest BCUT2D eigenvalue weighted by Crippen LogP contribution is -2.30. The van der Waals surface area contributed by atoms with E-state index >= 15 is 0 Å². The van der Waals surface area contributed by atoms with Crippen LogP contribution in [0.15, 0.2) is 29.3 Å². The summed E-state index contributed by atoms with van der Waals surface area (Å²) in [6.07, 6.45) is 0.969. The first-order valence-electron chi connectivity index (χ1n) is 4.76. The molecule has 0 saturated heterocycles. The molecule has 1 heterocycles. The number of guanidine groups is 2. The smallest absolute Gasteiger partial charge is 0.356 e. The number of fused-ring (bicyclic) bond motifs is 1. The number of nitrogens with zero attached hydrogens (tertiary/aromatic N) is 2. The number of para-hydroxylation sites is 1. The van der Waals surface area contributed by atoms with Gasteiger partial charge in [0.2, 0.25) is 0 Å². The zero-order valence-corrected chi connectivity index (χ0v) is 8.35. The Labute approximate surface area is 87.9 Å². The van der Waals surface area contributed by atoms with Crippen LogP contribution in [0.2, 0.25) is 0 Å². The van der Waals surface area contributed by atoms with Crippen molar-refractivity contribution in [2.75, 3.05) is 6.54 Å². The Morgan fingerprint density at radius 1 is 1.20 bits per heavy atom. The van der Waals surface area contributed by atoms with E-state index in [2.05, 4.69) is 11.1 Å². The van der Waals surface area contributed by atoms with Crippen LogP contribution >= 0.6 is 0 Å². The van der Waals surface area contributed by atoms with Gasteiger partial charge in [-0.05, 0) is 16.6 Å². The van der Waals surface area contributed by atoms with Crippen LogP contribution in [-0.2, 0) is 6.42 Å². The van der Waals surface area contributed by atoms with Gasteiger partial charge in [-0.15, -0.1) is 0 Å². The van der Waals surface area contributed by atoms with Crippen molar-refractivity contribution in [3.05, 3.63) is 29.8 Å². The fourth-order valence-corrected chi connectivity index (χ4v) is 1.77. The van der Waals surface area contributed by atoms with Gasteiger partial charge in [0.15, 0.2) is 0 Å². The Kier molecular flexibility index (Phi) is 2.29. The zero-order valence-electron chi connectivity index (χ0n) is 8.35. The minimum atomic E-state index is -0.0168. The van der Waals surface area contributed by atoms with Gasteiger partial charge in [-0.2, -0.15) is 0 Å².